The second-order valence-corrected chi connectivity index (χ2v) is 8.84. The van der Waals surface area contributed by atoms with Gasteiger partial charge in [0, 0.05) is 0 Å². The first kappa shape index (κ1) is 24.6. The van der Waals surface area contributed by atoms with Crippen LogP contribution in [0.5, 0.6) is 5.75 Å². The quantitative estimate of drug-likeness (QED) is 0.327. The normalized spacial score (nSPS) is 13.8. The maximum atomic E-state index is 12.8. The minimum atomic E-state index is -0.211. The fourth-order valence-corrected chi connectivity index (χ4v) is 3.80. The molecule has 3 aromatic rings. The molecule has 2 aromatic carbocycles. The van der Waals surface area contributed by atoms with Crippen LogP contribution in [0.15, 0.2) is 65.1 Å². The van der Waals surface area contributed by atoms with Gasteiger partial charge in [0.15, 0.2) is 5.76 Å². The smallest absolute Gasteiger partial charge is 0.287 e. The summed E-state index contributed by atoms with van der Waals surface area (Å²) in [5.41, 5.74) is 3.74. The van der Waals surface area contributed by atoms with Crippen molar-refractivity contribution in [1.29, 1.82) is 0 Å². The van der Waals surface area contributed by atoms with Gasteiger partial charge in [-0.3, -0.25) is 4.79 Å². The molecular formula is C29H37NO3. The van der Waals surface area contributed by atoms with Gasteiger partial charge in [-0.1, -0.05) is 71.0 Å². The Balaban J connectivity index is 1.57. The van der Waals surface area contributed by atoms with E-state index in [1.807, 2.05) is 12.1 Å². The molecule has 0 saturated carbocycles. The van der Waals surface area contributed by atoms with Crippen molar-refractivity contribution in [3.05, 3.63) is 88.9 Å². The highest BCUT2D eigenvalue weighted by molar-refractivity contribution is 5.91. The highest BCUT2D eigenvalue weighted by Crippen LogP contribution is 2.24. The van der Waals surface area contributed by atoms with Gasteiger partial charge in [-0.05, 0) is 72.1 Å². The van der Waals surface area contributed by atoms with Gasteiger partial charge in [0.1, 0.15) is 18.1 Å². The second kappa shape index (κ2) is 11.7. The third-order valence-electron chi connectivity index (χ3n) is 6.56. The molecule has 33 heavy (non-hydrogen) atoms. The minimum Gasteiger partial charge on any atom is -0.486 e. The Hall–Kier alpha value is -3.01. The number of amides is 1. The lowest BCUT2D eigenvalue weighted by atomic mass is 9.95. The van der Waals surface area contributed by atoms with Crippen LogP contribution in [0.25, 0.3) is 0 Å². The maximum absolute atomic E-state index is 12.8. The Morgan fingerprint density at radius 2 is 1.33 bits per heavy atom. The number of carbonyl (C=O) groups is 1. The van der Waals surface area contributed by atoms with E-state index in [4.69, 9.17) is 9.15 Å². The van der Waals surface area contributed by atoms with Crippen molar-refractivity contribution in [3.8, 4) is 5.75 Å². The predicted octanol–water partition coefficient (Wildman–Crippen LogP) is 7.77. The summed E-state index contributed by atoms with van der Waals surface area (Å²) in [6.07, 6.45) is 3.03. The standard InChI is InChI=1S/C29H37NO3/c1-6-20(4)22-9-11-24(12-10-22)27(8-3)30-29(31)28-18-17-26(33-28)19-32-25-15-13-23(14-16-25)21(5)7-2/h9-18,20-21,27H,6-8,19H2,1-5H3,(H,30,31). The molecule has 1 aromatic heterocycles. The monoisotopic (exact) mass is 447 g/mol. The van der Waals surface area contributed by atoms with Crippen molar-refractivity contribution in [1.82, 2.24) is 5.32 Å². The Morgan fingerprint density at radius 1 is 0.788 bits per heavy atom. The lowest BCUT2D eigenvalue weighted by molar-refractivity contribution is 0.0903. The van der Waals surface area contributed by atoms with Crippen LogP contribution in [0.4, 0.5) is 0 Å². The average molecular weight is 448 g/mol. The molecule has 0 fully saturated rings. The fourth-order valence-electron chi connectivity index (χ4n) is 3.80. The summed E-state index contributed by atoms with van der Waals surface area (Å²) in [5, 5.41) is 3.10. The number of rotatable bonds is 11. The first-order valence-electron chi connectivity index (χ1n) is 12.2. The van der Waals surface area contributed by atoms with Crippen LogP contribution < -0.4 is 10.1 Å². The van der Waals surface area contributed by atoms with Crippen molar-refractivity contribution in [2.24, 2.45) is 0 Å². The SMILES string of the molecule is CCC(C)c1ccc(OCc2ccc(C(=O)NC(CC)c3ccc(C(C)CC)cc3)o2)cc1. The van der Waals surface area contributed by atoms with E-state index in [1.54, 1.807) is 12.1 Å². The molecule has 4 nitrogen and oxygen atoms in total. The summed E-state index contributed by atoms with van der Waals surface area (Å²) < 4.78 is 11.6. The second-order valence-electron chi connectivity index (χ2n) is 8.84. The van der Waals surface area contributed by atoms with Crippen molar-refractivity contribution in [3.63, 3.8) is 0 Å². The van der Waals surface area contributed by atoms with Gasteiger partial charge in [0.2, 0.25) is 0 Å². The number of ether oxygens (including phenoxy) is 1. The van der Waals surface area contributed by atoms with Crippen molar-refractivity contribution in [2.45, 2.75) is 78.4 Å². The summed E-state index contributed by atoms with van der Waals surface area (Å²) in [5.74, 6) is 2.58. The van der Waals surface area contributed by atoms with Gasteiger partial charge in [-0.2, -0.15) is 0 Å². The minimum absolute atomic E-state index is 0.0580. The van der Waals surface area contributed by atoms with E-state index >= 15 is 0 Å². The number of benzene rings is 2. The summed E-state index contributed by atoms with van der Waals surface area (Å²) in [4.78, 5) is 12.8. The summed E-state index contributed by atoms with van der Waals surface area (Å²) in [6.45, 7) is 11.2. The number of furan rings is 1. The number of hydrogen-bond acceptors (Lipinski definition) is 3. The van der Waals surface area contributed by atoms with Crippen LogP contribution in [0.1, 0.15) is 105 Å². The van der Waals surface area contributed by atoms with Crippen LogP contribution >= 0.6 is 0 Å². The highest BCUT2D eigenvalue weighted by Gasteiger charge is 2.17. The van der Waals surface area contributed by atoms with Gasteiger partial charge in [0.05, 0.1) is 6.04 Å². The summed E-state index contributed by atoms with van der Waals surface area (Å²) in [6, 6.07) is 20.2. The molecule has 1 N–H and O–H groups in total. The first-order valence-corrected chi connectivity index (χ1v) is 12.2. The highest BCUT2D eigenvalue weighted by atomic mass is 16.5. The van der Waals surface area contributed by atoms with Gasteiger partial charge in [0.25, 0.3) is 5.91 Å². The molecule has 3 unspecified atom stereocenters. The Morgan fingerprint density at radius 3 is 1.88 bits per heavy atom. The average Bonchev–Trinajstić information content (AvgIpc) is 3.34. The Kier molecular flexibility index (Phi) is 8.76. The van der Waals surface area contributed by atoms with E-state index in [2.05, 4.69) is 76.3 Å². The van der Waals surface area contributed by atoms with Crippen LogP contribution in [0.3, 0.4) is 0 Å². The van der Waals surface area contributed by atoms with E-state index in [-0.39, 0.29) is 18.6 Å². The predicted molar refractivity (Wildman–Crippen MR) is 134 cm³/mol. The first-order chi connectivity index (χ1) is 15.9. The van der Waals surface area contributed by atoms with Crippen LogP contribution in [0.2, 0.25) is 0 Å². The lowest BCUT2D eigenvalue weighted by Crippen LogP contribution is -2.27. The molecular weight excluding hydrogens is 410 g/mol. The molecule has 1 heterocycles. The topological polar surface area (TPSA) is 51.5 Å². The molecule has 1 amide bonds. The zero-order valence-corrected chi connectivity index (χ0v) is 20.6. The molecule has 0 saturated heterocycles. The fraction of sp³-hybridized carbons (Fsp3) is 0.414. The zero-order valence-electron chi connectivity index (χ0n) is 20.6. The van der Waals surface area contributed by atoms with Gasteiger partial charge in [-0.25, -0.2) is 0 Å². The van der Waals surface area contributed by atoms with E-state index in [9.17, 15) is 4.79 Å². The third kappa shape index (κ3) is 6.50. The van der Waals surface area contributed by atoms with Crippen LogP contribution in [-0.2, 0) is 6.61 Å². The molecule has 176 valence electrons. The molecule has 4 heteroatoms. The summed E-state index contributed by atoms with van der Waals surface area (Å²) >= 11 is 0. The molecule has 3 rings (SSSR count). The van der Waals surface area contributed by atoms with Crippen molar-refractivity contribution < 1.29 is 13.9 Å². The molecule has 0 aliphatic rings. The number of carbonyl (C=O) groups excluding carboxylic acids is 1. The van der Waals surface area contributed by atoms with Gasteiger partial charge in [-0.15, -0.1) is 0 Å². The van der Waals surface area contributed by atoms with Crippen molar-refractivity contribution in [2.75, 3.05) is 0 Å². The molecule has 3 atom stereocenters. The number of hydrogen-bond donors (Lipinski definition) is 1. The zero-order chi connectivity index (χ0) is 23.8. The Bertz CT molecular complexity index is 1000. The van der Waals surface area contributed by atoms with Gasteiger partial charge < -0.3 is 14.5 Å². The largest absolute Gasteiger partial charge is 0.486 e. The molecule has 0 bridgehead atoms. The number of nitrogens with one attached hydrogen (secondary N) is 1. The molecule has 0 aliphatic heterocycles. The third-order valence-corrected chi connectivity index (χ3v) is 6.56. The van der Waals surface area contributed by atoms with E-state index in [0.717, 1.165) is 30.6 Å². The summed E-state index contributed by atoms with van der Waals surface area (Å²) in [7, 11) is 0. The lowest BCUT2D eigenvalue weighted by Gasteiger charge is -2.18. The van der Waals surface area contributed by atoms with E-state index < -0.39 is 0 Å². The van der Waals surface area contributed by atoms with E-state index in [0.29, 0.717) is 23.4 Å². The van der Waals surface area contributed by atoms with Crippen LogP contribution in [-0.4, -0.2) is 5.91 Å². The maximum Gasteiger partial charge on any atom is 0.287 e. The van der Waals surface area contributed by atoms with Crippen LogP contribution in [0, 0.1) is 0 Å². The molecule has 0 aliphatic carbocycles. The van der Waals surface area contributed by atoms with Gasteiger partial charge >= 0.3 is 0 Å². The van der Waals surface area contributed by atoms with Crippen molar-refractivity contribution >= 4 is 5.91 Å². The van der Waals surface area contributed by atoms with E-state index in [1.165, 1.54) is 11.1 Å². The molecule has 0 spiro atoms. The molecule has 0 radical (unpaired) electrons. The Labute approximate surface area is 198 Å².